The second kappa shape index (κ2) is 9.68. The van der Waals surface area contributed by atoms with Gasteiger partial charge in [-0.3, -0.25) is 19.4 Å². The smallest absolute Gasteiger partial charge is 0.242 e. The van der Waals surface area contributed by atoms with Crippen molar-refractivity contribution in [1.82, 2.24) is 20.0 Å². The van der Waals surface area contributed by atoms with Crippen molar-refractivity contribution < 1.29 is 14.0 Å². The van der Waals surface area contributed by atoms with Crippen molar-refractivity contribution in [3.8, 4) is 0 Å². The van der Waals surface area contributed by atoms with Crippen LogP contribution in [0.3, 0.4) is 0 Å². The molecule has 2 aliphatic rings. The average molecular weight is 443 g/mol. The molecular formula is C23H31FN6O2. The van der Waals surface area contributed by atoms with Crippen LogP contribution in [0, 0.1) is 12.7 Å². The van der Waals surface area contributed by atoms with E-state index in [1.807, 2.05) is 25.1 Å². The molecule has 32 heavy (non-hydrogen) atoms. The first-order chi connectivity index (χ1) is 15.4. The largest absolute Gasteiger partial charge is 0.369 e. The number of anilines is 2. The van der Waals surface area contributed by atoms with E-state index in [1.165, 1.54) is 12.1 Å². The minimum atomic E-state index is -0.572. The van der Waals surface area contributed by atoms with Crippen LogP contribution in [0.1, 0.15) is 25.5 Å². The number of aromatic nitrogens is 2. The lowest BCUT2D eigenvalue weighted by Crippen LogP contribution is -2.51. The number of benzene rings is 1. The minimum Gasteiger partial charge on any atom is -0.369 e. The van der Waals surface area contributed by atoms with Gasteiger partial charge in [0.25, 0.3) is 0 Å². The standard InChI is InChI=1S/C23H31FN6O2/c1-17-16-21-29(26-17)11-8-22(31)30(21)18(2)23(32)25-9-3-10-27-12-14-28(15-13-27)20-6-4-19(24)5-7-20/h4-7,16,18H,3,8-15H2,1-2H3,(H,25,32)/t18-/m1/s1. The Bertz CT molecular complexity index is 952. The van der Waals surface area contributed by atoms with Crippen molar-refractivity contribution >= 4 is 23.3 Å². The predicted molar refractivity (Wildman–Crippen MR) is 121 cm³/mol. The molecule has 172 valence electrons. The summed E-state index contributed by atoms with van der Waals surface area (Å²) in [4.78, 5) is 31.4. The highest BCUT2D eigenvalue weighted by Crippen LogP contribution is 2.24. The third-order valence-electron chi connectivity index (χ3n) is 6.22. The summed E-state index contributed by atoms with van der Waals surface area (Å²) >= 11 is 0. The number of nitrogens with one attached hydrogen (secondary N) is 1. The molecule has 0 unspecified atom stereocenters. The zero-order chi connectivity index (χ0) is 22.7. The van der Waals surface area contributed by atoms with Crippen LogP contribution in [0.25, 0.3) is 0 Å². The summed E-state index contributed by atoms with van der Waals surface area (Å²) in [7, 11) is 0. The summed E-state index contributed by atoms with van der Waals surface area (Å²) in [5.74, 6) is 0.292. The number of rotatable bonds is 7. The molecule has 1 fully saturated rings. The molecule has 9 heteroatoms. The molecule has 2 amide bonds. The number of hydrogen-bond donors (Lipinski definition) is 1. The zero-order valence-corrected chi connectivity index (χ0v) is 18.8. The third-order valence-corrected chi connectivity index (χ3v) is 6.22. The highest BCUT2D eigenvalue weighted by Gasteiger charge is 2.33. The molecular weight excluding hydrogens is 411 g/mol. The predicted octanol–water partition coefficient (Wildman–Crippen LogP) is 1.78. The van der Waals surface area contributed by atoms with Crippen LogP contribution in [0.2, 0.25) is 0 Å². The quantitative estimate of drug-likeness (QED) is 0.662. The molecule has 4 rings (SSSR count). The van der Waals surface area contributed by atoms with E-state index in [-0.39, 0.29) is 17.6 Å². The Labute approximate surface area is 188 Å². The Kier molecular flexibility index (Phi) is 6.74. The maximum atomic E-state index is 13.1. The van der Waals surface area contributed by atoms with Crippen molar-refractivity contribution in [3.63, 3.8) is 0 Å². The van der Waals surface area contributed by atoms with Gasteiger partial charge < -0.3 is 10.2 Å². The highest BCUT2D eigenvalue weighted by molar-refractivity contribution is 6.00. The number of piperazine rings is 1. The van der Waals surface area contributed by atoms with Gasteiger partial charge in [0.05, 0.1) is 12.2 Å². The summed E-state index contributed by atoms with van der Waals surface area (Å²) in [5.41, 5.74) is 1.89. The van der Waals surface area contributed by atoms with Gasteiger partial charge in [0.1, 0.15) is 17.7 Å². The fourth-order valence-corrected chi connectivity index (χ4v) is 4.42. The van der Waals surface area contributed by atoms with Gasteiger partial charge in [0.15, 0.2) is 0 Å². The molecule has 1 atom stereocenters. The van der Waals surface area contributed by atoms with Crippen LogP contribution in [0.5, 0.6) is 0 Å². The lowest BCUT2D eigenvalue weighted by Gasteiger charge is -2.36. The maximum Gasteiger partial charge on any atom is 0.242 e. The second-order valence-corrected chi connectivity index (χ2v) is 8.51. The molecule has 8 nitrogen and oxygen atoms in total. The number of halogens is 1. The summed E-state index contributed by atoms with van der Waals surface area (Å²) < 4.78 is 14.9. The van der Waals surface area contributed by atoms with Crippen molar-refractivity contribution in [2.45, 2.75) is 39.3 Å². The molecule has 1 saturated heterocycles. The summed E-state index contributed by atoms with van der Waals surface area (Å²) in [5, 5.41) is 7.38. The number of amides is 2. The van der Waals surface area contributed by atoms with E-state index in [1.54, 1.807) is 16.5 Å². The van der Waals surface area contributed by atoms with E-state index in [0.29, 0.717) is 25.3 Å². The Balaban J connectivity index is 1.19. The second-order valence-electron chi connectivity index (χ2n) is 8.51. The molecule has 0 aliphatic carbocycles. The third kappa shape index (κ3) is 4.93. The molecule has 0 bridgehead atoms. The van der Waals surface area contributed by atoms with Crippen LogP contribution in [-0.4, -0.2) is 71.8 Å². The van der Waals surface area contributed by atoms with E-state index >= 15 is 0 Å². The lowest BCUT2D eigenvalue weighted by molar-refractivity contribution is -0.126. The molecule has 0 saturated carbocycles. The molecule has 2 aliphatic heterocycles. The summed E-state index contributed by atoms with van der Waals surface area (Å²) in [6.07, 6.45) is 1.20. The van der Waals surface area contributed by atoms with Gasteiger partial charge >= 0.3 is 0 Å². The van der Waals surface area contributed by atoms with E-state index in [9.17, 15) is 14.0 Å². The summed E-state index contributed by atoms with van der Waals surface area (Å²) in [6.45, 7) is 9.36. The van der Waals surface area contributed by atoms with Crippen molar-refractivity contribution in [3.05, 3.63) is 41.8 Å². The monoisotopic (exact) mass is 442 g/mol. The average Bonchev–Trinajstić information content (AvgIpc) is 3.17. The number of carbonyl (C=O) groups is 2. The van der Waals surface area contributed by atoms with Crippen LogP contribution < -0.4 is 15.1 Å². The number of nitrogens with zero attached hydrogens (tertiary/aromatic N) is 5. The molecule has 1 aromatic heterocycles. The SMILES string of the molecule is Cc1cc2n(n1)CCC(=O)N2[C@H](C)C(=O)NCCCN1CCN(c2ccc(F)cc2)CC1. The number of fused-ring (bicyclic) bond motifs is 1. The first-order valence-corrected chi connectivity index (χ1v) is 11.3. The van der Waals surface area contributed by atoms with Crippen LogP contribution >= 0.6 is 0 Å². The van der Waals surface area contributed by atoms with Gasteiger partial charge in [0.2, 0.25) is 11.8 Å². The molecule has 1 aromatic carbocycles. The topological polar surface area (TPSA) is 73.7 Å². The van der Waals surface area contributed by atoms with Gasteiger partial charge in [-0.1, -0.05) is 0 Å². The van der Waals surface area contributed by atoms with Gasteiger partial charge in [-0.25, -0.2) is 9.07 Å². The molecule has 2 aromatic rings. The molecule has 0 spiro atoms. The Morgan fingerprint density at radius 2 is 1.88 bits per heavy atom. The van der Waals surface area contributed by atoms with Crippen molar-refractivity contribution in [1.29, 1.82) is 0 Å². The normalized spacial score (nSPS) is 17.9. The van der Waals surface area contributed by atoms with Gasteiger partial charge in [0, 0.05) is 50.9 Å². The number of hydrogen-bond acceptors (Lipinski definition) is 5. The molecule has 1 N–H and O–H groups in total. The molecule has 0 radical (unpaired) electrons. The van der Waals surface area contributed by atoms with Gasteiger partial charge in [-0.05, 0) is 51.1 Å². The van der Waals surface area contributed by atoms with Crippen molar-refractivity contribution in [2.75, 3.05) is 49.1 Å². The van der Waals surface area contributed by atoms with Crippen LogP contribution in [-0.2, 0) is 16.1 Å². The summed E-state index contributed by atoms with van der Waals surface area (Å²) in [6, 6.07) is 7.92. The number of carbonyl (C=O) groups excluding carboxylic acids is 2. The maximum absolute atomic E-state index is 13.1. The first-order valence-electron chi connectivity index (χ1n) is 11.3. The van der Waals surface area contributed by atoms with E-state index < -0.39 is 6.04 Å². The Morgan fingerprint density at radius 3 is 2.59 bits per heavy atom. The van der Waals surface area contributed by atoms with Crippen LogP contribution in [0.4, 0.5) is 15.9 Å². The Hall–Kier alpha value is -2.94. The number of aryl methyl sites for hydroxylation is 2. The van der Waals surface area contributed by atoms with Gasteiger partial charge in [-0.15, -0.1) is 0 Å². The fraction of sp³-hybridized carbons (Fsp3) is 0.522. The highest BCUT2D eigenvalue weighted by atomic mass is 19.1. The first kappa shape index (κ1) is 22.3. The Morgan fingerprint density at radius 1 is 1.16 bits per heavy atom. The van der Waals surface area contributed by atoms with E-state index in [4.69, 9.17) is 0 Å². The molecule has 3 heterocycles. The van der Waals surface area contributed by atoms with E-state index in [0.717, 1.165) is 50.5 Å². The zero-order valence-electron chi connectivity index (χ0n) is 18.8. The fourth-order valence-electron chi connectivity index (χ4n) is 4.42. The van der Waals surface area contributed by atoms with Gasteiger partial charge in [-0.2, -0.15) is 5.10 Å². The lowest BCUT2D eigenvalue weighted by atomic mass is 10.2. The van der Waals surface area contributed by atoms with Crippen LogP contribution in [0.15, 0.2) is 30.3 Å². The van der Waals surface area contributed by atoms with E-state index in [2.05, 4.69) is 20.2 Å². The minimum absolute atomic E-state index is 0.0425. The van der Waals surface area contributed by atoms with Crippen molar-refractivity contribution in [2.24, 2.45) is 0 Å².